The Labute approximate surface area is 184 Å². The van der Waals surface area contributed by atoms with E-state index >= 15 is 0 Å². The summed E-state index contributed by atoms with van der Waals surface area (Å²) in [5.74, 6) is -1.89. The first-order valence-electron chi connectivity index (χ1n) is 11.1. The van der Waals surface area contributed by atoms with Crippen LogP contribution in [0.2, 0.25) is 0 Å². The first-order chi connectivity index (χ1) is 15.1. The van der Waals surface area contributed by atoms with Gasteiger partial charge in [-0.15, -0.1) is 0 Å². The highest BCUT2D eigenvalue weighted by molar-refractivity contribution is 5.80. The van der Waals surface area contributed by atoms with Crippen LogP contribution in [0.5, 0.6) is 0 Å². The minimum Gasteiger partial charge on any atom is -0.350 e. The van der Waals surface area contributed by atoms with Gasteiger partial charge in [0.05, 0.1) is 12.1 Å². The number of likely N-dealkylation sites (tertiary alicyclic amines) is 1. The van der Waals surface area contributed by atoms with E-state index < -0.39 is 11.6 Å². The number of amides is 1. The molecule has 2 aromatic heterocycles. The van der Waals surface area contributed by atoms with Gasteiger partial charge in [0.1, 0.15) is 5.82 Å². The van der Waals surface area contributed by atoms with Gasteiger partial charge in [-0.05, 0) is 45.2 Å². The van der Waals surface area contributed by atoms with Crippen molar-refractivity contribution in [1.29, 1.82) is 0 Å². The fourth-order valence-electron chi connectivity index (χ4n) is 5.01. The largest absolute Gasteiger partial charge is 0.350 e. The van der Waals surface area contributed by atoms with Crippen molar-refractivity contribution in [3.05, 3.63) is 24.2 Å². The molecule has 2 saturated heterocycles. The summed E-state index contributed by atoms with van der Waals surface area (Å²) >= 11 is 0. The molecule has 2 aliphatic heterocycles. The fourth-order valence-corrected chi connectivity index (χ4v) is 5.01. The number of halogens is 3. The lowest BCUT2D eigenvalue weighted by molar-refractivity contribution is -0.140. The molecular weight excluding hydrogens is 423 g/mol. The standard InChI is InChI=1S/C22H26F3N5O2/c1-21(2,23)20-27-18(28-32-20)14-3-4-17(26-10-14)29-11-16-9-15(29)12-30(16)19(31)13-5-7-22(24,25)8-6-13/h3-4,10,13,15-16H,5-9,11-12H2,1-2H3. The number of hydrogen-bond donors (Lipinski definition) is 0. The summed E-state index contributed by atoms with van der Waals surface area (Å²) in [5.41, 5.74) is -1.09. The van der Waals surface area contributed by atoms with Crippen LogP contribution in [-0.2, 0) is 10.5 Å². The molecule has 3 fully saturated rings. The maximum absolute atomic E-state index is 14.0. The van der Waals surface area contributed by atoms with Gasteiger partial charge < -0.3 is 14.3 Å². The van der Waals surface area contributed by atoms with Gasteiger partial charge in [0, 0.05) is 43.6 Å². The summed E-state index contributed by atoms with van der Waals surface area (Å²) in [5, 5.41) is 3.83. The molecule has 1 saturated carbocycles. The second-order valence-electron chi connectivity index (χ2n) is 9.62. The zero-order chi connectivity index (χ0) is 22.7. The lowest BCUT2D eigenvalue weighted by atomic mass is 9.85. The van der Waals surface area contributed by atoms with E-state index in [1.807, 2.05) is 17.0 Å². The number of piperazine rings is 1. The number of alkyl halides is 3. The van der Waals surface area contributed by atoms with E-state index in [1.165, 1.54) is 13.8 Å². The molecule has 4 heterocycles. The Balaban J connectivity index is 1.22. The maximum Gasteiger partial charge on any atom is 0.264 e. The molecule has 0 radical (unpaired) electrons. The van der Waals surface area contributed by atoms with Gasteiger partial charge in [0.2, 0.25) is 17.7 Å². The van der Waals surface area contributed by atoms with Crippen molar-refractivity contribution in [3.63, 3.8) is 0 Å². The number of hydrogen-bond acceptors (Lipinski definition) is 6. The van der Waals surface area contributed by atoms with E-state index in [-0.39, 0.29) is 61.3 Å². The number of anilines is 1. The summed E-state index contributed by atoms with van der Waals surface area (Å²) in [6.45, 7) is 3.98. The molecule has 2 aromatic rings. The van der Waals surface area contributed by atoms with Crippen LogP contribution in [0.3, 0.4) is 0 Å². The van der Waals surface area contributed by atoms with Crippen LogP contribution >= 0.6 is 0 Å². The van der Waals surface area contributed by atoms with Gasteiger partial charge >= 0.3 is 0 Å². The first-order valence-corrected chi connectivity index (χ1v) is 11.1. The van der Waals surface area contributed by atoms with E-state index in [1.54, 1.807) is 6.20 Å². The van der Waals surface area contributed by atoms with E-state index in [4.69, 9.17) is 4.52 Å². The van der Waals surface area contributed by atoms with Crippen LogP contribution in [0, 0.1) is 5.92 Å². The molecule has 0 aromatic carbocycles. The summed E-state index contributed by atoms with van der Waals surface area (Å²) in [4.78, 5) is 25.6. The molecule has 7 nitrogen and oxygen atoms in total. The lowest BCUT2D eigenvalue weighted by Gasteiger charge is -2.38. The second kappa shape index (κ2) is 7.45. The highest BCUT2D eigenvalue weighted by atomic mass is 19.3. The second-order valence-corrected chi connectivity index (χ2v) is 9.62. The molecular formula is C22H26F3N5O2. The molecule has 5 rings (SSSR count). The Hall–Kier alpha value is -2.65. The van der Waals surface area contributed by atoms with Crippen molar-refractivity contribution in [2.24, 2.45) is 5.92 Å². The van der Waals surface area contributed by atoms with Crippen molar-refractivity contribution in [1.82, 2.24) is 20.0 Å². The molecule has 10 heteroatoms. The number of rotatable bonds is 4. The van der Waals surface area contributed by atoms with Crippen molar-refractivity contribution < 1.29 is 22.5 Å². The topological polar surface area (TPSA) is 75.4 Å². The molecule has 0 N–H and O–H groups in total. The van der Waals surface area contributed by atoms with Crippen molar-refractivity contribution in [2.45, 2.75) is 69.6 Å². The van der Waals surface area contributed by atoms with Crippen molar-refractivity contribution in [3.8, 4) is 11.4 Å². The highest BCUT2D eigenvalue weighted by Crippen LogP contribution is 2.40. The average molecular weight is 449 g/mol. The van der Waals surface area contributed by atoms with E-state index in [0.29, 0.717) is 18.7 Å². The van der Waals surface area contributed by atoms with Crippen LogP contribution in [-0.4, -0.2) is 57.0 Å². The first kappa shape index (κ1) is 21.2. The van der Waals surface area contributed by atoms with E-state index in [2.05, 4.69) is 20.0 Å². The van der Waals surface area contributed by atoms with Gasteiger partial charge in [0.25, 0.3) is 5.89 Å². The average Bonchev–Trinajstić information content (AvgIpc) is 3.48. The third-order valence-electron chi connectivity index (χ3n) is 6.82. The van der Waals surface area contributed by atoms with Crippen LogP contribution in [0.4, 0.5) is 19.0 Å². The predicted octanol–water partition coefficient (Wildman–Crippen LogP) is 3.95. The van der Waals surface area contributed by atoms with E-state index in [0.717, 1.165) is 12.2 Å². The smallest absolute Gasteiger partial charge is 0.264 e. The molecule has 2 unspecified atom stereocenters. The summed E-state index contributed by atoms with van der Waals surface area (Å²) in [6.07, 6.45) is 2.63. The van der Waals surface area contributed by atoms with Crippen molar-refractivity contribution >= 4 is 11.7 Å². The molecule has 172 valence electrons. The molecule has 1 aliphatic carbocycles. The monoisotopic (exact) mass is 449 g/mol. The zero-order valence-corrected chi connectivity index (χ0v) is 18.1. The molecule has 2 atom stereocenters. The molecule has 1 amide bonds. The van der Waals surface area contributed by atoms with Gasteiger partial charge in [-0.1, -0.05) is 5.16 Å². The van der Waals surface area contributed by atoms with Crippen molar-refractivity contribution in [2.75, 3.05) is 18.0 Å². The number of carbonyl (C=O) groups excluding carboxylic acids is 1. The Morgan fingerprint density at radius 2 is 1.94 bits per heavy atom. The molecule has 2 bridgehead atoms. The van der Waals surface area contributed by atoms with Crippen LogP contribution in [0.15, 0.2) is 22.9 Å². The SMILES string of the molecule is CC(C)(F)c1nc(-c2ccc(N3CC4CC3CN4C(=O)C3CCC(F)(F)CC3)nc2)no1. The third-order valence-corrected chi connectivity index (χ3v) is 6.82. The Bertz CT molecular complexity index is 994. The number of pyridine rings is 1. The molecule has 3 aliphatic rings. The maximum atomic E-state index is 14.0. The van der Waals surface area contributed by atoms with Crippen LogP contribution in [0.1, 0.15) is 51.8 Å². The highest BCUT2D eigenvalue weighted by Gasteiger charge is 2.48. The minimum absolute atomic E-state index is 0.0275. The summed E-state index contributed by atoms with van der Waals surface area (Å²) in [7, 11) is 0. The normalized spacial score (nSPS) is 25.5. The number of aromatic nitrogens is 3. The van der Waals surface area contributed by atoms with Gasteiger partial charge in [-0.3, -0.25) is 4.79 Å². The Morgan fingerprint density at radius 1 is 1.19 bits per heavy atom. The van der Waals surface area contributed by atoms with Gasteiger partial charge in [-0.25, -0.2) is 18.2 Å². The molecule has 0 spiro atoms. The summed E-state index contributed by atoms with van der Waals surface area (Å²) < 4.78 is 45.8. The Morgan fingerprint density at radius 3 is 2.50 bits per heavy atom. The predicted molar refractivity (Wildman–Crippen MR) is 110 cm³/mol. The van der Waals surface area contributed by atoms with Gasteiger partial charge in [0.15, 0.2) is 5.67 Å². The summed E-state index contributed by atoms with van der Waals surface area (Å²) in [6, 6.07) is 3.93. The Kier molecular flexibility index (Phi) is 4.94. The lowest BCUT2D eigenvalue weighted by Crippen LogP contribution is -2.51. The fraction of sp³-hybridized carbons (Fsp3) is 0.636. The molecule has 32 heavy (non-hydrogen) atoms. The van der Waals surface area contributed by atoms with E-state index in [9.17, 15) is 18.0 Å². The zero-order valence-electron chi connectivity index (χ0n) is 18.1. The minimum atomic E-state index is -2.62. The van der Waals surface area contributed by atoms with Crippen LogP contribution < -0.4 is 4.90 Å². The third kappa shape index (κ3) is 3.84. The van der Waals surface area contributed by atoms with Gasteiger partial charge in [-0.2, -0.15) is 4.98 Å². The number of fused-ring (bicyclic) bond motifs is 2. The quantitative estimate of drug-likeness (QED) is 0.704. The van der Waals surface area contributed by atoms with Crippen LogP contribution in [0.25, 0.3) is 11.4 Å². The number of carbonyl (C=O) groups is 1. The number of nitrogens with zero attached hydrogens (tertiary/aromatic N) is 5.